The maximum absolute atomic E-state index is 12.3. The van der Waals surface area contributed by atoms with Crippen LogP contribution in [0.4, 0.5) is 5.69 Å². The summed E-state index contributed by atoms with van der Waals surface area (Å²) in [6.45, 7) is 4.32. The first-order valence-corrected chi connectivity index (χ1v) is 6.86. The van der Waals surface area contributed by atoms with Crippen LogP contribution in [0.2, 0.25) is 0 Å². The highest BCUT2D eigenvalue weighted by Gasteiger charge is 2.27. The van der Waals surface area contributed by atoms with Crippen LogP contribution < -0.4 is 5.32 Å². The number of ether oxygens (including phenoxy) is 1. The summed E-state index contributed by atoms with van der Waals surface area (Å²) in [4.78, 5) is 36.3. The first-order valence-electron chi connectivity index (χ1n) is 6.86. The summed E-state index contributed by atoms with van der Waals surface area (Å²) < 4.78 is 4.85. The minimum atomic E-state index is -0.305. The SMILES string of the molecule is CCOC(=O)CCN1Cc2ccc(NC(C)=O)cc2C1=O. The third-order valence-corrected chi connectivity index (χ3v) is 3.20. The maximum Gasteiger partial charge on any atom is 0.307 e. The number of benzene rings is 1. The van der Waals surface area contributed by atoms with Gasteiger partial charge in [0.15, 0.2) is 0 Å². The Hall–Kier alpha value is -2.37. The van der Waals surface area contributed by atoms with Gasteiger partial charge < -0.3 is 15.0 Å². The van der Waals surface area contributed by atoms with Gasteiger partial charge in [0.2, 0.25) is 5.91 Å². The van der Waals surface area contributed by atoms with Crippen molar-refractivity contribution in [3.63, 3.8) is 0 Å². The predicted molar refractivity (Wildman–Crippen MR) is 76.7 cm³/mol. The lowest BCUT2D eigenvalue weighted by molar-refractivity contribution is -0.143. The molecular formula is C15H18N2O4. The second-order valence-corrected chi connectivity index (χ2v) is 4.83. The van der Waals surface area contributed by atoms with Crippen molar-refractivity contribution in [2.45, 2.75) is 26.8 Å². The Morgan fingerprint density at radius 3 is 2.81 bits per heavy atom. The summed E-state index contributed by atoms with van der Waals surface area (Å²) in [5, 5.41) is 2.65. The molecule has 1 aliphatic rings. The third-order valence-electron chi connectivity index (χ3n) is 3.20. The second-order valence-electron chi connectivity index (χ2n) is 4.83. The molecule has 0 unspecified atom stereocenters. The summed E-state index contributed by atoms with van der Waals surface area (Å²) in [5.74, 6) is -0.610. The van der Waals surface area contributed by atoms with E-state index < -0.39 is 0 Å². The quantitative estimate of drug-likeness (QED) is 0.835. The van der Waals surface area contributed by atoms with Crippen molar-refractivity contribution >= 4 is 23.5 Å². The van der Waals surface area contributed by atoms with Gasteiger partial charge in [0.05, 0.1) is 13.0 Å². The van der Waals surface area contributed by atoms with Gasteiger partial charge in [-0.3, -0.25) is 14.4 Å². The van der Waals surface area contributed by atoms with Crippen molar-refractivity contribution in [1.29, 1.82) is 0 Å². The molecule has 1 aromatic carbocycles. The van der Waals surface area contributed by atoms with E-state index in [1.807, 2.05) is 6.07 Å². The summed E-state index contributed by atoms with van der Waals surface area (Å²) in [6.07, 6.45) is 0.187. The van der Waals surface area contributed by atoms with Crippen LogP contribution in [-0.4, -0.2) is 35.8 Å². The molecule has 0 radical (unpaired) electrons. The number of amides is 2. The van der Waals surface area contributed by atoms with Crippen molar-refractivity contribution in [2.75, 3.05) is 18.5 Å². The lowest BCUT2D eigenvalue weighted by Gasteiger charge is -2.14. The van der Waals surface area contributed by atoms with Gasteiger partial charge >= 0.3 is 5.97 Å². The van der Waals surface area contributed by atoms with Crippen molar-refractivity contribution in [2.24, 2.45) is 0 Å². The molecule has 1 N–H and O–H groups in total. The Labute approximate surface area is 123 Å². The van der Waals surface area contributed by atoms with E-state index in [-0.39, 0.29) is 24.2 Å². The smallest absolute Gasteiger partial charge is 0.307 e. The minimum Gasteiger partial charge on any atom is -0.466 e. The van der Waals surface area contributed by atoms with Crippen LogP contribution in [0, 0.1) is 0 Å². The van der Waals surface area contributed by atoms with Crippen molar-refractivity contribution < 1.29 is 19.1 Å². The molecule has 6 nitrogen and oxygen atoms in total. The fourth-order valence-corrected chi connectivity index (χ4v) is 2.28. The normalized spacial score (nSPS) is 13.0. The Kier molecular flexibility index (Phi) is 4.57. The van der Waals surface area contributed by atoms with E-state index in [1.165, 1.54) is 6.92 Å². The van der Waals surface area contributed by atoms with E-state index in [0.29, 0.717) is 30.9 Å². The monoisotopic (exact) mass is 290 g/mol. The van der Waals surface area contributed by atoms with Crippen LogP contribution in [0.25, 0.3) is 0 Å². The van der Waals surface area contributed by atoms with E-state index >= 15 is 0 Å². The molecular weight excluding hydrogens is 272 g/mol. The topological polar surface area (TPSA) is 75.7 Å². The minimum absolute atomic E-state index is 0.124. The lowest BCUT2D eigenvalue weighted by Crippen LogP contribution is -2.27. The molecule has 0 saturated heterocycles. The average Bonchev–Trinajstić information content (AvgIpc) is 2.73. The lowest BCUT2D eigenvalue weighted by atomic mass is 10.1. The van der Waals surface area contributed by atoms with Crippen LogP contribution >= 0.6 is 0 Å². The van der Waals surface area contributed by atoms with Gasteiger partial charge in [0.25, 0.3) is 5.91 Å². The molecule has 6 heteroatoms. The summed E-state index contributed by atoms with van der Waals surface area (Å²) >= 11 is 0. The van der Waals surface area contributed by atoms with Crippen LogP contribution in [-0.2, 0) is 20.9 Å². The van der Waals surface area contributed by atoms with E-state index in [1.54, 1.807) is 24.0 Å². The highest BCUT2D eigenvalue weighted by molar-refractivity contribution is 6.00. The number of rotatable bonds is 5. The number of anilines is 1. The Morgan fingerprint density at radius 2 is 2.14 bits per heavy atom. The summed E-state index contributed by atoms with van der Waals surface area (Å²) in [5.41, 5.74) is 2.07. The van der Waals surface area contributed by atoms with E-state index in [0.717, 1.165) is 5.56 Å². The van der Waals surface area contributed by atoms with Gasteiger partial charge in [0.1, 0.15) is 0 Å². The van der Waals surface area contributed by atoms with Crippen LogP contribution in [0.5, 0.6) is 0 Å². The van der Waals surface area contributed by atoms with Gasteiger partial charge in [-0.25, -0.2) is 0 Å². The highest BCUT2D eigenvalue weighted by atomic mass is 16.5. The maximum atomic E-state index is 12.3. The van der Waals surface area contributed by atoms with Crippen molar-refractivity contribution in [1.82, 2.24) is 4.90 Å². The Morgan fingerprint density at radius 1 is 1.38 bits per heavy atom. The number of carbonyl (C=O) groups excluding carboxylic acids is 3. The molecule has 1 aliphatic heterocycles. The molecule has 0 spiro atoms. The molecule has 112 valence electrons. The molecule has 1 heterocycles. The molecule has 0 atom stereocenters. The predicted octanol–water partition coefficient (Wildman–Crippen LogP) is 1.55. The van der Waals surface area contributed by atoms with Gasteiger partial charge in [-0.05, 0) is 24.6 Å². The first-order chi connectivity index (χ1) is 10.0. The van der Waals surface area contributed by atoms with Gasteiger partial charge in [-0.1, -0.05) is 6.07 Å². The number of esters is 1. The molecule has 2 rings (SSSR count). The Balaban J connectivity index is 2.03. The van der Waals surface area contributed by atoms with E-state index in [4.69, 9.17) is 4.74 Å². The van der Waals surface area contributed by atoms with Crippen LogP contribution in [0.1, 0.15) is 36.2 Å². The first kappa shape index (κ1) is 15.0. The van der Waals surface area contributed by atoms with E-state index in [2.05, 4.69) is 5.32 Å². The highest BCUT2D eigenvalue weighted by Crippen LogP contribution is 2.25. The molecule has 0 aromatic heterocycles. The molecule has 0 bridgehead atoms. The number of hydrogen-bond donors (Lipinski definition) is 1. The second kappa shape index (κ2) is 6.39. The van der Waals surface area contributed by atoms with Gasteiger partial charge in [-0.15, -0.1) is 0 Å². The summed E-state index contributed by atoms with van der Waals surface area (Å²) in [6, 6.07) is 5.26. The number of carbonyl (C=O) groups is 3. The fourth-order valence-electron chi connectivity index (χ4n) is 2.28. The molecule has 0 saturated carbocycles. The molecule has 21 heavy (non-hydrogen) atoms. The standard InChI is InChI=1S/C15H18N2O4/c1-3-21-14(19)6-7-17-9-11-4-5-12(16-10(2)18)8-13(11)15(17)20/h4-5,8H,3,6-7,9H2,1-2H3,(H,16,18). The van der Waals surface area contributed by atoms with Gasteiger partial charge in [0, 0.05) is 31.3 Å². The van der Waals surface area contributed by atoms with Gasteiger partial charge in [-0.2, -0.15) is 0 Å². The third kappa shape index (κ3) is 3.59. The number of nitrogens with one attached hydrogen (secondary N) is 1. The molecule has 1 aromatic rings. The van der Waals surface area contributed by atoms with Crippen molar-refractivity contribution in [3.05, 3.63) is 29.3 Å². The molecule has 2 amide bonds. The zero-order valence-corrected chi connectivity index (χ0v) is 12.1. The van der Waals surface area contributed by atoms with Crippen molar-refractivity contribution in [3.8, 4) is 0 Å². The average molecular weight is 290 g/mol. The number of hydrogen-bond acceptors (Lipinski definition) is 4. The number of nitrogens with zero attached hydrogens (tertiary/aromatic N) is 1. The van der Waals surface area contributed by atoms with Crippen LogP contribution in [0.15, 0.2) is 18.2 Å². The van der Waals surface area contributed by atoms with Crippen LogP contribution in [0.3, 0.4) is 0 Å². The Bertz CT molecular complexity index is 583. The fraction of sp³-hybridized carbons (Fsp3) is 0.400. The number of fused-ring (bicyclic) bond motifs is 1. The summed E-state index contributed by atoms with van der Waals surface area (Å²) in [7, 11) is 0. The zero-order valence-electron chi connectivity index (χ0n) is 12.1. The molecule has 0 fully saturated rings. The molecule has 0 aliphatic carbocycles. The zero-order chi connectivity index (χ0) is 15.4. The van der Waals surface area contributed by atoms with E-state index in [9.17, 15) is 14.4 Å². The largest absolute Gasteiger partial charge is 0.466 e.